The molecule has 12 nitrogen and oxygen atoms in total. The lowest BCUT2D eigenvalue weighted by Gasteiger charge is -2.22. The third-order valence-corrected chi connectivity index (χ3v) is 5.75. The van der Waals surface area contributed by atoms with E-state index in [0.29, 0.717) is 23.1 Å². The van der Waals surface area contributed by atoms with Crippen LogP contribution in [-0.4, -0.2) is 78.3 Å². The summed E-state index contributed by atoms with van der Waals surface area (Å²) in [6.07, 6.45) is 2.80. The van der Waals surface area contributed by atoms with E-state index < -0.39 is 22.6 Å². The standard InChI is InChI=1S/C22H31FN8O4S/c1-14(2)30(4)22-26-17-18(21(32)29-36(5,33)34)28-31(10-12-35-11-6-8-23)19(17)20(27-22)25-16-13-15(3)7-9-24-16/h7,9,13-14H,6,8,10-12H2,1-5H3,(H,29,32)(H,24,25,26,27). The first-order chi connectivity index (χ1) is 17.0. The molecule has 0 aliphatic carbocycles. The summed E-state index contributed by atoms with van der Waals surface area (Å²) in [6.45, 7) is 5.95. The Labute approximate surface area is 209 Å². The van der Waals surface area contributed by atoms with Crippen LogP contribution in [0.2, 0.25) is 0 Å². The number of carbonyl (C=O) groups is 1. The fourth-order valence-corrected chi connectivity index (χ4v) is 3.65. The van der Waals surface area contributed by atoms with Crippen LogP contribution in [-0.2, 0) is 21.3 Å². The molecule has 1 amide bonds. The maximum absolute atomic E-state index is 12.9. The second-order valence-electron chi connectivity index (χ2n) is 8.55. The summed E-state index contributed by atoms with van der Waals surface area (Å²) in [4.78, 5) is 28.3. The van der Waals surface area contributed by atoms with Gasteiger partial charge in [-0.05, 0) is 44.9 Å². The highest BCUT2D eigenvalue weighted by Crippen LogP contribution is 2.29. The first-order valence-corrected chi connectivity index (χ1v) is 13.3. The van der Waals surface area contributed by atoms with Gasteiger partial charge in [0.1, 0.15) is 16.9 Å². The van der Waals surface area contributed by atoms with E-state index in [4.69, 9.17) is 4.74 Å². The average Bonchev–Trinajstić information content (AvgIpc) is 3.16. The number of ether oxygens (including phenoxy) is 1. The molecule has 14 heteroatoms. The van der Waals surface area contributed by atoms with Crippen LogP contribution in [0.4, 0.5) is 22.0 Å². The Morgan fingerprint density at radius 1 is 1.28 bits per heavy atom. The fourth-order valence-electron chi connectivity index (χ4n) is 3.21. The minimum Gasteiger partial charge on any atom is -0.379 e. The molecule has 0 aliphatic heterocycles. The van der Waals surface area contributed by atoms with Crippen molar-refractivity contribution in [2.45, 2.75) is 39.8 Å². The van der Waals surface area contributed by atoms with Crippen LogP contribution >= 0.6 is 0 Å². The number of nitrogens with one attached hydrogen (secondary N) is 2. The molecule has 0 spiro atoms. The van der Waals surface area contributed by atoms with Gasteiger partial charge in [0.05, 0.1) is 26.1 Å². The van der Waals surface area contributed by atoms with E-state index in [-0.39, 0.29) is 43.4 Å². The van der Waals surface area contributed by atoms with Gasteiger partial charge in [-0.15, -0.1) is 0 Å². The van der Waals surface area contributed by atoms with Gasteiger partial charge < -0.3 is 15.0 Å². The highest BCUT2D eigenvalue weighted by Gasteiger charge is 2.26. The highest BCUT2D eigenvalue weighted by atomic mass is 32.2. The van der Waals surface area contributed by atoms with Crippen molar-refractivity contribution in [3.05, 3.63) is 29.6 Å². The van der Waals surface area contributed by atoms with E-state index in [2.05, 4.69) is 25.4 Å². The van der Waals surface area contributed by atoms with Crippen molar-refractivity contribution >= 4 is 44.5 Å². The molecule has 0 atom stereocenters. The van der Waals surface area contributed by atoms with Gasteiger partial charge in [0.15, 0.2) is 11.5 Å². The summed E-state index contributed by atoms with van der Waals surface area (Å²) < 4.78 is 44.8. The van der Waals surface area contributed by atoms with Crippen molar-refractivity contribution < 1.29 is 22.3 Å². The third kappa shape index (κ3) is 6.85. The first kappa shape index (κ1) is 27.2. The molecule has 0 saturated heterocycles. The number of nitrogens with zero attached hydrogens (tertiary/aromatic N) is 6. The molecular formula is C22H31FN8O4S. The summed E-state index contributed by atoms with van der Waals surface area (Å²) in [7, 11) is -2.04. The zero-order valence-corrected chi connectivity index (χ0v) is 21.8. The quantitative estimate of drug-likeness (QED) is 0.340. The summed E-state index contributed by atoms with van der Waals surface area (Å²) in [5.74, 6) is 0.230. The Bertz CT molecular complexity index is 1330. The smallest absolute Gasteiger partial charge is 0.287 e. The lowest BCUT2D eigenvalue weighted by atomic mass is 10.3. The van der Waals surface area contributed by atoms with E-state index in [9.17, 15) is 17.6 Å². The second kappa shape index (κ2) is 11.6. The van der Waals surface area contributed by atoms with Gasteiger partial charge in [-0.25, -0.2) is 23.1 Å². The van der Waals surface area contributed by atoms with E-state index in [1.165, 1.54) is 4.68 Å². The zero-order valence-electron chi connectivity index (χ0n) is 20.9. The lowest BCUT2D eigenvalue weighted by Crippen LogP contribution is -2.30. The number of carbonyl (C=O) groups excluding carboxylic acids is 1. The summed E-state index contributed by atoms with van der Waals surface area (Å²) >= 11 is 0. The Hall–Kier alpha value is -3.39. The molecule has 3 aromatic heterocycles. The molecule has 0 radical (unpaired) electrons. The fraction of sp³-hybridized carbons (Fsp3) is 0.500. The summed E-state index contributed by atoms with van der Waals surface area (Å²) in [5.41, 5.74) is 1.32. The number of rotatable bonds is 12. The number of alkyl halides is 1. The molecule has 196 valence electrons. The number of anilines is 3. The molecule has 3 rings (SSSR count). The van der Waals surface area contributed by atoms with Crippen molar-refractivity contribution in [3.8, 4) is 0 Å². The predicted molar refractivity (Wildman–Crippen MR) is 135 cm³/mol. The second-order valence-corrected chi connectivity index (χ2v) is 10.3. The Morgan fingerprint density at radius 2 is 2.03 bits per heavy atom. The Morgan fingerprint density at radius 3 is 2.67 bits per heavy atom. The monoisotopic (exact) mass is 522 g/mol. The van der Waals surface area contributed by atoms with Crippen molar-refractivity contribution in [1.29, 1.82) is 0 Å². The van der Waals surface area contributed by atoms with Crippen molar-refractivity contribution in [3.63, 3.8) is 0 Å². The number of hydrogen-bond acceptors (Lipinski definition) is 10. The summed E-state index contributed by atoms with van der Waals surface area (Å²) in [6, 6.07) is 3.71. The first-order valence-electron chi connectivity index (χ1n) is 11.4. The summed E-state index contributed by atoms with van der Waals surface area (Å²) in [5, 5.41) is 7.54. The van der Waals surface area contributed by atoms with Crippen LogP contribution in [0.5, 0.6) is 0 Å². The number of halogens is 1. The van der Waals surface area contributed by atoms with Crippen molar-refractivity contribution in [2.75, 3.05) is 43.4 Å². The van der Waals surface area contributed by atoms with Gasteiger partial charge in [-0.1, -0.05) is 0 Å². The lowest BCUT2D eigenvalue weighted by molar-refractivity contribution is 0.0974. The average molecular weight is 523 g/mol. The predicted octanol–water partition coefficient (Wildman–Crippen LogP) is 2.18. The molecule has 0 saturated carbocycles. The van der Waals surface area contributed by atoms with Gasteiger partial charge in [-0.3, -0.25) is 13.9 Å². The van der Waals surface area contributed by atoms with E-state index in [1.54, 1.807) is 13.2 Å². The van der Waals surface area contributed by atoms with Gasteiger partial charge in [-0.2, -0.15) is 10.1 Å². The van der Waals surface area contributed by atoms with Crippen molar-refractivity contribution in [2.24, 2.45) is 0 Å². The number of sulfonamides is 1. The molecule has 0 fully saturated rings. The molecule has 36 heavy (non-hydrogen) atoms. The molecule has 3 aromatic rings. The van der Waals surface area contributed by atoms with Gasteiger partial charge in [0.25, 0.3) is 5.91 Å². The van der Waals surface area contributed by atoms with E-state index in [1.807, 2.05) is 42.5 Å². The molecule has 3 heterocycles. The third-order valence-electron chi connectivity index (χ3n) is 5.19. The molecular weight excluding hydrogens is 491 g/mol. The van der Waals surface area contributed by atoms with Crippen LogP contribution in [0.25, 0.3) is 11.0 Å². The maximum Gasteiger partial charge on any atom is 0.287 e. The van der Waals surface area contributed by atoms with Gasteiger partial charge in [0.2, 0.25) is 16.0 Å². The van der Waals surface area contributed by atoms with Crippen LogP contribution in [0, 0.1) is 6.92 Å². The maximum atomic E-state index is 12.9. The van der Waals surface area contributed by atoms with Crippen molar-refractivity contribution in [1.82, 2.24) is 29.5 Å². The normalized spacial score (nSPS) is 11.8. The van der Waals surface area contributed by atoms with Crippen LogP contribution < -0.4 is 14.9 Å². The SMILES string of the molecule is Cc1ccnc(Nc2nc(N(C)C(C)C)nc3c(C(=O)NS(C)(=O)=O)nn(CCOCCCF)c23)c1. The Kier molecular flexibility index (Phi) is 8.74. The number of aromatic nitrogens is 5. The van der Waals surface area contributed by atoms with Crippen LogP contribution in [0.3, 0.4) is 0 Å². The van der Waals surface area contributed by atoms with Crippen LogP contribution in [0.1, 0.15) is 36.3 Å². The van der Waals surface area contributed by atoms with E-state index in [0.717, 1.165) is 11.8 Å². The largest absolute Gasteiger partial charge is 0.379 e. The van der Waals surface area contributed by atoms with Gasteiger partial charge >= 0.3 is 0 Å². The highest BCUT2D eigenvalue weighted by molar-refractivity contribution is 7.89. The number of amides is 1. The number of fused-ring (bicyclic) bond motifs is 1. The Balaban J connectivity index is 2.18. The number of aryl methyl sites for hydroxylation is 1. The minimum atomic E-state index is -3.85. The van der Waals surface area contributed by atoms with Gasteiger partial charge in [0, 0.05) is 25.9 Å². The number of pyridine rings is 1. The zero-order chi connectivity index (χ0) is 26.5. The topological polar surface area (TPSA) is 144 Å². The molecule has 2 N–H and O–H groups in total. The molecule has 0 bridgehead atoms. The molecule has 0 aliphatic rings. The molecule has 0 aromatic carbocycles. The number of hydrogen-bond donors (Lipinski definition) is 2. The van der Waals surface area contributed by atoms with Crippen LogP contribution in [0.15, 0.2) is 18.3 Å². The minimum absolute atomic E-state index is 0.0274. The van der Waals surface area contributed by atoms with E-state index >= 15 is 0 Å². The molecule has 0 unspecified atom stereocenters.